The van der Waals surface area contributed by atoms with Crippen molar-refractivity contribution in [2.24, 2.45) is 0 Å². The quantitative estimate of drug-likeness (QED) is 0.830. The molecule has 6 heteroatoms. The van der Waals surface area contributed by atoms with Gasteiger partial charge < -0.3 is 5.32 Å². The van der Waals surface area contributed by atoms with Crippen molar-refractivity contribution in [1.29, 1.82) is 0 Å². The molecule has 16 heavy (non-hydrogen) atoms. The van der Waals surface area contributed by atoms with Crippen molar-refractivity contribution in [3.63, 3.8) is 0 Å². The summed E-state index contributed by atoms with van der Waals surface area (Å²) in [6.07, 6.45) is -2.47. The molecular weight excluding hydrogens is 241 g/mol. The minimum absolute atomic E-state index is 0.114. The van der Waals surface area contributed by atoms with Crippen LogP contribution in [0.2, 0.25) is 0 Å². The van der Waals surface area contributed by atoms with Gasteiger partial charge in [0.1, 0.15) is 5.82 Å². The summed E-state index contributed by atoms with van der Waals surface area (Å²) in [6.45, 7) is 2.30. The highest BCUT2D eigenvalue weighted by atomic mass is 35.5. The molecule has 0 aliphatic carbocycles. The predicted molar refractivity (Wildman–Crippen MR) is 57.7 cm³/mol. The van der Waals surface area contributed by atoms with Gasteiger partial charge >= 0.3 is 6.18 Å². The maximum absolute atomic E-state index is 12.4. The number of aromatic nitrogens is 1. The van der Waals surface area contributed by atoms with Crippen LogP contribution in [0.25, 0.3) is 0 Å². The van der Waals surface area contributed by atoms with E-state index in [0.29, 0.717) is 6.54 Å². The highest BCUT2D eigenvalue weighted by molar-refractivity contribution is 6.20. The lowest BCUT2D eigenvalue weighted by atomic mass is 10.2. The average molecular weight is 253 g/mol. The van der Waals surface area contributed by atoms with E-state index in [1.165, 1.54) is 0 Å². The minimum Gasteiger partial charge on any atom is -0.369 e. The molecule has 0 amide bonds. The summed E-state index contributed by atoms with van der Waals surface area (Å²) in [6, 6.07) is 1.91. The highest BCUT2D eigenvalue weighted by Gasteiger charge is 2.30. The van der Waals surface area contributed by atoms with E-state index >= 15 is 0 Å². The van der Waals surface area contributed by atoms with E-state index in [1.807, 2.05) is 6.92 Å². The van der Waals surface area contributed by atoms with Gasteiger partial charge in [-0.1, -0.05) is 6.92 Å². The third-order valence-corrected chi connectivity index (χ3v) is 2.50. The van der Waals surface area contributed by atoms with Crippen molar-refractivity contribution >= 4 is 17.4 Å². The minimum atomic E-state index is -4.34. The second kappa shape index (κ2) is 5.39. The van der Waals surface area contributed by atoms with Crippen LogP contribution in [0.3, 0.4) is 0 Å². The van der Waals surface area contributed by atoms with Crippen LogP contribution in [-0.4, -0.2) is 16.9 Å². The topological polar surface area (TPSA) is 24.9 Å². The number of pyridine rings is 1. The fourth-order valence-electron chi connectivity index (χ4n) is 1.06. The van der Waals surface area contributed by atoms with Crippen LogP contribution in [-0.2, 0) is 6.18 Å². The zero-order valence-electron chi connectivity index (χ0n) is 8.68. The third kappa shape index (κ3) is 3.89. The van der Waals surface area contributed by atoms with Gasteiger partial charge in [-0.3, -0.25) is 0 Å². The number of halogens is 4. The van der Waals surface area contributed by atoms with Gasteiger partial charge in [-0.15, -0.1) is 11.6 Å². The highest BCUT2D eigenvalue weighted by Crippen LogP contribution is 2.29. The van der Waals surface area contributed by atoms with Gasteiger partial charge in [0.2, 0.25) is 0 Å². The molecule has 0 aliphatic rings. The SMILES string of the molecule is CCC(Cl)CNc1cc(C(F)(F)F)ccn1. The molecular formula is C10H12ClF3N2. The molecule has 0 spiro atoms. The second-order valence-electron chi connectivity index (χ2n) is 3.31. The molecule has 0 bridgehead atoms. The summed E-state index contributed by atoms with van der Waals surface area (Å²) in [5.74, 6) is 0.189. The number of anilines is 1. The summed E-state index contributed by atoms with van der Waals surface area (Å²) >= 11 is 5.83. The van der Waals surface area contributed by atoms with Crippen molar-refractivity contribution in [2.45, 2.75) is 24.9 Å². The molecule has 0 saturated heterocycles. The second-order valence-corrected chi connectivity index (χ2v) is 3.93. The smallest absolute Gasteiger partial charge is 0.369 e. The summed E-state index contributed by atoms with van der Waals surface area (Å²) in [5, 5.41) is 2.65. The summed E-state index contributed by atoms with van der Waals surface area (Å²) in [5.41, 5.74) is -0.715. The van der Waals surface area contributed by atoms with Crippen molar-refractivity contribution in [3.8, 4) is 0 Å². The molecule has 90 valence electrons. The Labute approximate surface area is 96.8 Å². The van der Waals surface area contributed by atoms with Crippen LogP contribution in [0, 0.1) is 0 Å². The van der Waals surface area contributed by atoms with E-state index in [2.05, 4.69) is 10.3 Å². The van der Waals surface area contributed by atoms with Crippen molar-refractivity contribution in [3.05, 3.63) is 23.9 Å². The van der Waals surface area contributed by atoms with E-state index in [4.69, 9.17) is 11.6 Å². The van der Waals surface area contributed by atoms with E-state index < -0.39 is 11.7 Å². The van der Waals surface area contributed by atoms with Gasteiger partial charge in [0.15, 0.2) is 0 Å². The van der Waals surface area contributed by atoms with Crippen molar-refractivity contribution in [1.82, 2.24) is 4.98 Å². The van der Waals surface area contributed by atoms with Crippen LogP contribution >= 0.6 is 11.6 Å². The molecule has 1 rings (SSSR count). The predicted octanol–water partition coefficient (Wildman–Crippen LogP) is 3.53. The Morgan fingerprint density at radius 1 is 1.50 bits per heavy atom. The maximum Gasteiger partial charge on any atom is 0.416 e. The first-order chi connectivity index (χ1) is 7.43. The molecule has 0 fully saturated rings. The van der Waals surface area contributed by atoms with Crippen molar-refractivity contribution in [2.75, 3.05) is 11.9 Å². The number of nitrogens with zero attached hydrogens (tertiary/aromatic N) is 1. The number of alkyl halides is 4. The molecule has 1 aromatic rings. The number of hydrogen-bond acceptors (Lipinski definition) is 2. The molecule has 1 atom stereocenters. The standard InChI is InChI=1S/C10H12ClF3N2/c1-2-8(11)6-16-9-5-7(3-4-15-9)10(12,13)14/h3-5,8H,2,6H2,1H3,(H,15,16). The lowest BCUT2D eigenvalue weighted by molar-refractivity contribution is -0.137. The molecule has 0 radical (unpaired) electrons. The lowest BCUT2D eigenvalue weighted by Crippen LogP contribution is -2.14. The third-order valence-electron chi connectivity index (χ3n) is 2.03. The molecule has 0 saturated carbocycles. The molecule has 2 nitrogen and oxygen atoms in total. The first kappa shape index (κ1) is 13.1. The Hall–Kier alpha value is -0.970. The van der Waals surface area contributed by atoms with Crippen LogP contribution < -0.4 is 5.32 Å². The zero-order valence-corrected chi connectivity index (χ0v) is 9.44. The normalized spacial score (nSPS) is 13.6. The van der Waals surface area contributed by atoms with Gasteiger partial charge in [-0.25, -0.2) is 4.98 Å². The lowest BCUT2D eigenvalue weighted by Gasteiger charge is -2.11. The molecule has 1 unspecified atom stereocenters. The number of rotatable bonds is 4. The summed E-state index contributed by atoms with van der Waals surface area (Å²) < 4.78 is 37.1. The van der Waals surface area contributed by atoms with E-state index in [-0.39, 0.29) is 11.2 Å². The van der Waals surface area contributed by atoms with Crippen LogP contribution in [0.4, 0.5) is 19.0 Å². The zero-order chi connectivity index (χ0) is 12.2. The average Bonchev–Trinajstić information content (AvgIpc) is 2.25. The number of nitrogens with one attached hydrogen (secondary N) is 1. The van der Waals surface area contributed by atoms with Gasteiger partial charge in [0, 0.05) is 12.7 Å². The van der Waals surface area contributed by atoms with Crippen LogP contribution in [0.5, 0.6) is 0 Å². The Kier molecular flexibility index (Phi) is 4.41. The van der Waals surface area contributed by atoms with Gasteiger partial charge in [0.05, 0.1) is 10.9 Å². The van der Waals surface area contributed by atoms with Gasteiger partial charge in [0.25, 0.3) is 0 Å². The van der Waals surface area contributed by atoms with Gasteiger partial charge in [-0.05, 0) is 18.6 Å². The molecule has 1 aromatic heterocycles. The fourth-order valence-corrected chi connectivity index (χ4v) is 1.14. The monoisotopic (exact) mass is 252 g/mol. The molecule has 0 aliphatic heterocycles. The Bertz CT molecular complexity index is 341. The van der Waals surface area contributed by atoms with Crippen molar-refractivity contribution < 1.29 is 13.2 Å². The van der Waals surface area contributed by atoms with Crippen LogP contribution in [0.1, 0.15) is 18.9 Å². The Balaban J connectivity index is 2.68. The number of hydrogen-bond donors (Lipinski definition) is 1. The summed E-state index contributed by atoms with van der Waals surface area (Å²) in [4.78, 5) is 3.79. The van der Waals surface area contributed by atoms with E-state index in [9.17, 15) is 13.2 Å². The fraction of sp³-hybridized carbons (Fsp3) is 0.500. The van der Waals surface area contributed by atoms with E-state index in [1.54, 1.807) is 0 Å². The Morgan fingerprint density at radius 3 is 2.75 bits per heavy atom. The maximum atomic E-state index is 12.4. The first-order valence-corrected chi connectivity index (χ1v) is 5.28. The molecule has 0 aromatic carbocycles. The largest absolute Gasteiger partial charge is 0.416 e. The molecule has 1 N–H and O–H groups in total. The van der Waals surface area contributed by atoms with Gasteiger partial charge in [-0.2, -0.15) is 13.2 Å². The first-order valence-electron chi connectivity index (χ1n) is 4.84. The summed E-state index contributed by atoms with van der Waals surface area (Å²) in [7, 11) is 0. The van der Waals surface area contributed by atoms with E-state index in [0.717, 1.165) is 24.8 Å². The Morgan fingerprint density at radius 2 is 2.19 bits per heavy atom. The van der Waals surface area contributed by atoms with Crippen LogP contribution in [0.15, 0.2) is 18.3 Å². The molecule has 1 heterocycles.